The molecule has 3 heteroatoms. The molecule has 0 N–H and O–H groups in total. The van der Waals surface area contributed by atoms with E-state index >= 15 is 0 Å². The summed E-state index contributed by atoms with van der Waals surface area (Å²) in [6.45, 7) is 2.80. The van der Waals surface area contributed by atoms with Crippen LogP contribution in [0.5, 0.6) is 5.75 Å². The summed E-state index contributed by atoms with van der Waals surface area (Å²) < 4.78 is 5.67. The second-order valence-electron chi connectivity index (χ2n) is 3.40. The number of ether oxygens (including phenoxy) is 1. The molecule has 2 rings (SSSR count). The summed E-state index contributed by atoms with van der Waals surface area (Å²) in [4.78, 5) is 0. The first kappa shape index (κ1) is 10.6. The van der Waals surface area contributed by atoms with Gasteiger partial charge in [-0.25, -0.2) is 0 Å². The highest BCUT2D eigenvalue weighted by Gasteiger charge is 2.05. The number of hydrogen-bond acceptors (Lipinski definition) is 3. The van der Waals surface area contributed by atoms with Crippen LogP contribution in [0, 0.1) is 6.20 Å². The van der Waals surface area contributed by atoms with Gasteiger partial charge in [-0.1, -0.05) is 25.1 Å². The van der Waals surface area contributed by atoms with Crippen molar-refractivity contribution in [2.24, 2.45) is 0 Å². The largest absolute Gasteiger partial charge is 0.493 e. The van der Waals surface area contributed by atoms with Crippen LogP contribution in [0.15, 0.2) is 36.5 Å². The number of nitrogens with zero attached hydrogens (tertiary/aromatic N) is 2. The molecule has 0 atom stereocenters. The van der Waals surface area contributed by atoms with E-state index in [1.807, 2.05) is 30.3 Å². The average molecular weight is 213 g/mol. The molecular weight excluding hydrogens is 200 g/mol. The Kier molecular flexibility index (Phi) is 3.49. The minimum absolute atomic E-state index is 0.718. The van der Waals surface area contributed by atoms with Crippen LogP contribution in [0.25, 0.3) is 11.1 Å². The van der Waals surface area contributed by atoms with Crippen LogP contribution in [-0.4, -0.2) is 16.8 Å². The topological polar surface area (TPSA) is 35.0 Å². The summed E-state index contributed by atoms with van der Waals surface area (Å²) in [6, 6.07) is 9.77. The monoisotopic (exact) mass is 213 g/mol. The zero-order valence-corrected chi connectivity index (χ0v) is 9.18. The van der Waals surface area contributed by atoms with Gasteiger partial charge in [0, 0.05) is 11.1 Å². The maximum atomic E-state index is 5.67. The molecule has 1 aromatic heterocycles. The molecule has 2 aromatic rings. The molecule has 0 aliphatic rings. The van der Waals surface area contributed by atoms with Gasteiger partial charge in [-0.3, -0.25) is 0 Å². The fourth-order valence-electron chi connectivity index (χ4n) is 1.44. The molecule has 1 radical (unpaired) electrons. The van der Waals surface area contributed by atoms with Crippen LogP contribution in [0.4, 0.5) is 0 Å². The quantitative estimate of drug-likeness (QED) is 0.783. The number of benzene rings is 1. The Hall–Kier alpha value is -1.90. The molecule has 1 aromatic carbocycles. The molecule has 0 bridgehead atoms. The van der Waals surface area contributed by atoms with Crippen LogP contribution >= 0.6 is 0 Å². The van der Waals surface area contributed by atoms with Crippen molar-refractivity contribution in [2.45, 2.75) is 13.3 Å². The van der Waals surface area contributed by atoms with Crippen molar-refractivity contribution in [2.75, 3.05) is 6.61 Å². The van der Waals surface area contributed by atoms with Gasteiger partial charge >= 0.3 is 0 Å². The van der Waals surface area contributed by atoms with Gasteiger partial charge in [0.15, 0.2) is 0 Å². The Morgan fingerprint density at radius 2 is 2.12 bits per heavy atom. The number of hydrogen-bond donors (Lipinski definition) is 0. The Labute approximate surface area is 95.1 Å². The highest BCUT2D eigenvalue weighted by molar-refractivity contribution is 5.68. The highest BCUT2D eigenvalue weighted by Crippen LogP contribution is 2.28. The Morgan fingerprint density at radius 3 is 2.88 bits per heavy atom. The van der Waals surface area contributed by atoms with Gasteiger partial charge in [0.2, 0.25) is 0 Å². The van der Waals surface area contributed by atoms with E-state index in [-0.39, 0.29) is 0 Å². The van der Waals surface area contributed by atoms with E-state index in [2.05, 4.69) is 23.3 Å². The van der Waals surface area contributed by atoms with Crippen molar-refractivity contribution in [3.8, 4) is 16.9 Å². The van der Waals surface area contributed by atoms with Gasteiger partial charge in [-0.05, 0) is 18.6 Å². The normalized spacial score (nSPS) is 10.1. The molecule has 0 amide bonds. The summed E-state index contributed by atoms with van der Waals surface area (Å²) in [6.07, 6.45) is 5.51. The van der Waals surface area contributed by atoms with Crippen LogP contribution < -0.4 is 4.74 Å². The van der Waals surface area contributed by atoms with Crippen molar-refractivity contribution in [1.29, 1.82) is 0 Å². The molecule has 0 saturated carbocycles. The van der Waals surface area contributed by atoms with Gasteiger partial charge in [-0.2, -0.15) is 5.10 Å². The average Bonchev–Trinajstić information content (AvgIpc) is 2.38. The first-order valence-electron chi connectivity index (χ1n) is 5.33. The van der Waals surface area contributed by atoms with E-state index in [0.717, 1.165) is 29.9 Å². The van der Waals surface area contributed by atoms with Crippen LogP contribution in [0.3, 0.4) is 0 Å². The van der Waals surface area contributed by atoms with Gasteiger partial charge in [0.1, 0.15) is 11.9 Å². The molecule has 16 heavy (non-hydrogen) atoms. The summed E-state index contributed by atoms with van der Waals surface area (Å²) in [5.41, 5.74) is 1.91. The molecule has 0 aliphatic carbocycles. The molecule has 0 saturated heterocycles. The highest BCUT2D eigenvalue weighted by atomic mass is 16.5. The summed E-state index contributed by atoms with van der Waals surface area (Å²) in [5.74, 6) is 0.869. The van der Waals surface area contributed by atoms with Gasteiger partial charge in [0.25, 0.3) is 0 Å². The van der Waals surface area contributed by atoms with Crippen molar-refractivity contribution in [1.82, 2.24) is 10.2 Å². The zero-order chi connectivity index (χ0) is 11.2. The molecule has 0 aliphatic heterocycles. The molecule has 1 heterocycles. The fourth-order valence-corrected chi connectivity index (χ4v) is 1.44. The van der Waals surface area contributed by atoms with Gasteiger partial charge < -0.3 is 4.74 Å². The fraction of sp³-hybridized carbons (Fsp3) is 0.231. The smallest absolute Gasteiger partial charge is 0.127 e. The lowest BCUT2D eigenvalue weighted by atomic mass is 10.1. The lowest BCUT2D eigenvalue weighted by Crippen LogP contribution is -1.97. The third kappa shape index (κ3) is 2.37. The molecule has 0 spiro atoms. The van der Waals surface area contributed by atoms with E-state index in [1.165, 1.54) is 0 Å². The number of rotatable bonds is 4. The maximum absolute atomic E-state index is 5.67. The van der Waals surface area contributed by atoms with Crippen molar-refractivity contribution < 1.29 is 4.74 Å². The standard InChI is InChI=1S/C13H13N2O/c1-2-9-16-13-6-4-3-5-12(13)11-7-8-14-15-10-11/h3-8H,2,9H2,1H3. The first-order valence-corrected chi connectivity index (χ1v) is 5.33. The maximum Gasteiger partial charge on any atom is 0.127 e. The van der Waals surface area contributed by atoms with Crippen LogP contribution in [0.2, 0.25) is 0 Å². The summed E-state index contributed by atoms with van der Waals surface area (Å²) in [7, 11) is 0. The van der Waals surface area contributed by atoms with Crippen molar-refractivity contribution in [3.63, 3.8) is 0 Å². The second-order valence-corrected chi connectivity index (χ2v) is 3.40. The van der Waals surface area contributed by atoms with E-state index in [0.29, 0.717) is 0 Å². The molecular formula is C13H13N2O. The number of para-hydroxylation sites is 1. The lowest BCUT2D eigenvalue weighted by molar-refractivity contribution is 0.318. The Bertz CT molecular complexity index is 443. The van der Waals surface area contributed by atoms with E-state index < -0.39 is 0 Å². The molecule has 3 nitrogen and oxygen atoms in total. The zero-order valence-electron chi connectivity index (χ0n) is 9.18. The predicted octanol–water partition coefficient (Wildman–Crippen LogP) is 2.73. The minimum atomic E-state index is 0.718. The SMILES string of the molecule is CCCOc1ccccc1-c1[c]nncc1. The Morgan fingerprint density at radius 1 is 1.25 bits per heavy atom. The minimum Gasteiger partial charge on any atom is -0.493 e. The van der Waals surface area contributed by atoms with E-state index in [4.69, 9.17) is 4.74 Å². The van der Waals surface area contributed by atoms with Crippen LogP contribution in [0.1, 0.15) is 13.3 Å². The Balaban J connectivity index is 2.33. The molecule has 0 fully saturated rings. The first-order chi connectivity index (χ1) is 7.92. The van der Waals surface area contributed by atoms with Crippen molar-refractivity contribution >= 4 is 0 Å². The van der Waals surface area contributed by atoms with Gasteiger partial charge in [0.05, 0.1) is 12.8 Å². The van der Waals surface area contributed by atoms with Gasteiger partial charge in [-0.15, -0.1) is 5.10 Å². The second kappa shape index (κ2) is 5.26. The predicted molar refractivity (Wildman–Crippen MR) is 62.1 cm³/mol. The third-order valence-electron chi connectivity index (χ3n) is 2.17. The van der Waals surface area contributed by atoms with Crippen molar-refractivity contribution in [3.05, 3.63) is 42.7 Å². The number of aromatic nitrogens is 2. The van der Waals surface area contributed by atoms with Crippen LogP contribution in [-0.2, 0) is 0 Å². The summed E-state index contributed by atoms with van der Waals surface area (Å²) >= 11 is 0. The lowest BCUT2D eigenvalue weighted by Gasteiger charge is -2.09. The molecule has 81 valence electrons. The van der Waals surface area contributed by atoms with E-state index in [1.54, 1.807) is 6.20 Å². The third-order valence-corrected chi connectivity index (χ3v) is 2.17. The van der Waals surface area contributed by atoms with E-state index in [9.17, 15) is 0 Å². The summed E-state index contributed by atoms with van der Waals surface area (Å²) in [5, 5.41) is 7.47. The molecule has 0 unspecified atom stereocenters.